The highest BCUT2D eigenvalue weighted by atomic mass is 16.2. The first-order valence-electron chi connectivity index (χ1n) is 9.55. The van der Waals surface area contributed by atoms with Crippen LogP contribution in [0.25, 0.3) is 5.69 Å². The van der Waals surface area contributed by atoms with Crippen molar-refractivity contribution >= 4 is 5.91 Å². The maximum absolute atomic E-state index is 12.5. The van der Waals surface area contributed by atoms with E-state index in [0.29, 0.717) is 12.5 Å². The molecular formula is C20H24N6O2. The topological polar surface area (TPSA) is 78.0 Å². The van der Waals surface area contributed by atoms with E-state index in [-0.39, 0.29) is 11.6 Å². The predicted molar refractivity (Wildman–Crippen MR) is 104 cm³/mol. The summed E-state index contributed by atoms with van der Waals surface area (Å²) in [6, 6.07) is 9.61. The molecule has 28 heavy (non-hydrogen) atoms. The molecule has 0 unspecified atom stereocenters. The van der Waals surface area contributed by atoms with Gasteiger partial charge in [0.25, 0.3) is 0 Å². The van der Waals surface area contributed by atoms with E-state index in [1.165, 1.54) is 4.68 Å². The van der Waals surface area contributed by atoms with Gasteiger partial charge in [-0.05, 0) is 30.9 Å². The zero-order chi connectivity index (χ0) is 19.5. The van der Waals surface area contributed by atoms with Crippen LogP contribution in [0, 0.1) is 5.92 Å². The highest BCUT2D eigenvalue weighted by Gasteiger charge is 2.25. The zero-order valence-electron chi connectivity index (χ0n) is 15.9. The lowest BCUT2D eigenvalue weighted by molar-refractivity contribution is -0.133. The molecule has 8 nitrogen and oxygen atoms in total. The van der Waals surface area contributed by atoms with Crippen molar-refractivity contribution < 1.29 is 4.79 Å². The Morgan fingerprint density at radius 2 is 1.93 bits per heavy atom. The number of aryl methyl sites for hydroxylation is 1. The SMILES string of the molecule is Cn1nc(CC2CCN(C(=O)Cn3ccnc3)CC2)n(-c2ccccc2)c1=O. The fourth-order valence-corrected chi connectivity index (χ4v) is 3.77. The van der Waals surface area contributed by atoms with E-state index in [0.717, 1.165) is 43.9 Å². The number of nitrogens with zero attached hydrogens (tertiary/aromatic N) is 6. The molecule has 0 aliphatic carbocycles. The summed E-state index contributed by atoms with van der Waals surface area (Å²) < 4.78 is 4.88. The molecular weight excluding hydrogens is 356 g/mol. The molecule has 2 aromatic heterocycles. The molecule has 0 radical (unpaired) electrons. The number of imidazole rings is 1. The number of carbonyl (C=O) groups excluding carboxylic acids is 1. The zero-order valence-corrected chi connectivity index (χ0v) is 15.9. The Bertz CT molecular complexity index is 982. The quantitative estimate of drug-likeness (QED) is 0.667. The average molecular weight is 380 g/mol. The van der Waals surface area contributed by atoms with E-state index in [4.69, 9.17) is 0 Å². The minimum atomic E-state index is -0.130. The molecule has 1 aromatic carbocycles. The van der Waals surface area contributed by atoms with Gasteiger partial charge in [0.2, 0.25) is 5.91 Å². The molecule has 3 aromatic rings. The molecule has 146 valence electrons. The lowest BCUT2D eigenvalue weighted by atomic mass is 9.93. The molecule has 8 heteroatoms. The maximum atomic E-state index is 12.5. The molecule has 4 rings (SSSR count). The molecule has 1 amide bonds. The molecule has 1 saturated heterocycles. The van der Waals surface area contributed by atoms with Crippen molar-refractivity contribution in [3.63, 3.8) is 0 Å². The van der Waals surface area contributed by atoms with Crippen molar-refractivity contribution in [1.29, 1.82) is 0 Å². The van der Waals surface area contributed by atoms with Crippen LogP contribution in [0.1, 0.15) is 18.7 Å². The van der Waals surface area contributed by atoms with E-state index in [1.54, 1.807) is 34.9 Å². The number of rotatable bonds is 5. The summed E-state index contributed by atoms with van der Waals surface area (Å²) in [4.78, 5) is 30.9. The van der Waals surface area contributed by atoms with Crippen molar-refractivity contribution in [3.05, 3.63) is 65.4 Å². The number of benzene rings is 1. The van der Waals surface area contributed by atoms with Crippen LogP contribution in [0.4, 0.5) is 0 Å². The summed E-state index contributed by atoms with van der Waals surface area (Å²) in [6.45, 7) is 1.81. The Hall–Kier alpha value is -3.16. The average Bonchev–Trinajstić information content (AvgIpc) is 3.31. The number of para-hydroxylation sites is 1. The van der Waals surface area contributed by atoms with E-state index in [9.17, 15) is 9.59 Å². The van der Waals surface area contributed by atoms with Crippen LogP contribution >= 0.6 is 0 Å². The van der Waals surface area contributed by atoms with Crippen LogP contribution in [0.5, 0.6) is 0 Å². The minimum absolute atomic E-state index is 0.121. The lowest BCUT2D eigenvalue weighted by Gasteiger charge is -2.32. The van der Waals surface area contributed by atoms with Gasteiger partial charge >= 0.3 is 5.69 Å². The summed E-state index contributed by atoms with van der Waals surface area (Å²) in [5.74, 6) is 1.30. The second-order valence-corrected chi connectivity index (χ2v) is 7.26. The van der Waals surface area contributed by atoms with E-state index in [2.05, 4.69) is 10.1 Å². The molecule has 1 aliphatic rings. The van der Waals surface area contributed by atoms with Gasteiger partial charge in [-0.1, -0.05) is 18.2 Å². The number of piperidine rings is 1. The monoisotopic (exact) mass is 380 g/mol. The van der Waals surface area contributed by atoms with Gasteiger partial charge in [-0.2, -0.15) is 5.10 Å². The van der Waals surface area contributed by atoms with Crippen LogP contribution in [-0.2, 0) is 24.8 Å². The highest BCUT2D eigenvalue weighted by Crippen LogP contribution is 2.22. The summed E-state index contributed by atoms with van der Waals surface area (Å²) in [5, 5.41) is 4.46. The largest absolute Gasteiger partial charge is 0.350 e. The highest BCUT2D eigenvalue weighted by molar-refractivity contribution is 5.76. The minimum Gasteiger partial charge on any atom is -0.341 e. The normalized spacial score (nSPS) is 15.1. The summed E-state index contributed by atoms with van der Waals surface area (Å²) in [5.41, 5.74) is 0.706. The first kappa shape index (κ1) is 18.2. The van der Waals surface area contributed by atoms with Crippen molar-refractivity contribution in [2.45, 2.75) is 25.8 Å². The smallest absolute Gasteiger partial charge is 0.341 e. The Labute approximate surface area is 163 Å². The Kier molecular flexibility index (Phi) is 5.10. The number of likely N-dealkylation sites (tertiary alicyclic amines) is 1. The second-order valence-electron chi connectivity index (χ2n) is 7.26. The fourth-order valence-electron chi connectivity index (χ4n) is 3.77. The van der Waals surface area contributed by atoms with Crippen LogP contribution in [0.15, 0.2) is 53.8 Å². The summed E-state index contributed by atoms with van der Waals surface area (Å²) in [7, 11) is 1.68. The van der Waals surface area contributed by atoms with Crippen molar-refractivity contribution in [2.24, 2.45) is 13.0 Å². The predicted octanol–water partition coefficient (Wildman–Crippen LogP) is 1.25. The second kappa shape index (κ2) is 7.84. The molecule has 3 heterocycles. The van der Waals surface area contributed by atoms with Gasteiger partial charge in [0.15, 0.2) is 0 Å². The molecule has 0 N–H and O–H groups in total. The third-order valence-electron chi connectivity index (χ3n) is 5.32. The van der Waals surface area contributed by atoms with Gasteiger partial charge < -0.3 is 9.47 Å². The standard InChI is InChI=1S/C20H24N6O2/c1-23-20(28)26(17-5-3-2-4-6-17)18(22-23)13-16-7-10-25(11-8-16)19(27)14-24-12-9-21-15-24/h2-6,9,12,15-16H,7-8,10-11,13-14H2,1H3. The maximum Gasteiger partial charge on any atom is 0.350 e. The van der Waals surface area contributed by atoms with Crippen molar-refractivity contribution in [1.82, 2.24) is 28.8 Å². The van der Waals surface area contributed by atoms with Gasteiger partial charge in [-0.3, -0.25) is 4.79 Å². The van der Waals surface area contributed by atoms with Crippen LogP contribution in [-0.4, -0.2) is 47.8 Å². The number of amides is 1. The Morgan fingerprint density at radius 1 is 1.18 bits per heavy atom. The lowest BCUT2D eigenvalue weighted by Crippen LogP contribution is -2.40. The van der Waals surface area contributed by atoms with Gasteiger partial charge in [0.05, 0.1) is 12.0 Å². The van der Waals surface area contributed by atoms with Gasteiger partial charge in [0, 0.05) is 39.0 Å². The number of carbonyl (C=O) groups is 1. The van der Waals surface area contributed by atoms with Gasteiger partial charge in [0.1, 0.15) is 12.4 Å². The summed E-state index contributed by atoms with van der Waals surface area (Å²) >= 11 is 0. The molecule has 0 atom stereocenters. The van der Waals surface area contributed by atoms with Crippen LogP contribution in [0.2, 0.25) is 0 Å². The molecule has 1 aliphatic heterocycles. The number of hydrogen-bond donors (Lipinski definition) is 0. The molecule has 0 bridgehead atoms. The third kappa shape index (κ3) is 3.76. The third-order valence-corrected chi connectivity index (χ3v) is 5.32. The number of aromatic nitrogens is 5. The van der Waals surface area contributed by atoms with Crippen molar-refractivity contribution in [2.75, 3.05) is 13.1 Å². The van der Waals surface area contributed by atoms with E-state index < -0.39 is 0 Å². The van der Waals surface area contributed by atoms with E-state index >= 15 is 0 Å². The Balaban J connectivity index is 1.41. The molecule has 1 fully saturated rings. The van der Waals surface area contributed by atoms with E-state index in [1.807, 2.05) is 35.2 Å². The van der Waals surface area contributed by atoms with Crippen LogP contribution in [0.3, 0.4) is 0 Å². The van der Waals surface area contributed by atoms with Gasteiger partial charge in [-0.25, -0.2) is 19.0 Å². The van der Waals surface area contributed by atoms with Crippen LogP contribution < -0.4 is 5.69 Å². The van der Waals surface area contributed by atoms with Crippen molar-refractivity contribution in [3.8, 4) is 5.69 Å². The Morgan fingerprint density at radius 3 is 2.61 bits per heavy atom. The molecule has 0 spiro atoms. The van der Waals surface area contributed by atoms with Gasteiger partial charge in [-0.15, -0.1) is 0 Å². The molecule has 0 saturated carbocycles. The fraction of sp³-hybridized carbons (Fsp3) is 0.400. The first-order chi connectivity index (χ1) is 13.6. The number of hydrogen-bond acceptors (Lipinski definition) is 4. The summed E-state index contributed by atoms with van der Waals surface area (Å²) in [6.07, 6.45) is 7.70. The first-order valence-corrected chi connectivity index (χ1v) is 9.55.